The predicted octanol–water partition coefficient (Wildman–Crippen LogP) is 4.38. The Kier molecular flexibility index (Phi) is 4.63. The zero-order valence-electron chi connectivity index (χ0n) is 15.6. The Hall–Kier alpha value is -2.83. The highest BCUT2D eigenvalue weighted by Gasteiger charge is 2.50. The van der Waals surface area contributed by atoms with Gasteiger partial charge in [0, 0.05) is 27.1 Å². The maximum absolute atomic E-state index is 13.2. The number of benzene rings is 2. The summed E-state index contributed by atoms with van der Waals surface area (Å²) < 4.78 is 5.25. The molecular formula is C21H16Cl2N2O4. The molecule has 3 amide bonds. The molecule has 1 aliphatic rings. The van der Waals surface area contributed by atoms with Crippen LogP contribution in [0.1, 0.15) is 23.6 Å². The van der Waals surface area contributed by atoms with Gasteiger partial charge in [-0.15, -0.1) is 0 Å². The van der Waals surface area contributed by atoms with Crippen molar-refractivity contribution < 1.29 is 14.0 Å². The molecule has 0 spiro atoms. The van der Waals surface area contributed by atoms with E-state index in [2.05, 4.69) is 5.32 Å². The van der Waals surface area contributed by atoms with Crippen molar-refractivity contribution in [3.63, 3.8) is 0 Å². The fraction of sp³-hybridized carbons (Fsp3) is 0.190. The minimum atomic E-state index is -1.34. The number of fused-ring (bicyclic) bond motifs is 1. The summed E-state index contributed by atoms with van der Waals surface area (Å²) >= 11 is 12.2. The topological polar surface area (TPSA) is 79.6 Å². The molecule has 29 heavy (non-hydrogen) atoms. The first-order valence-electron chi connectivity index (χ1n) is 8.82. The van der Waals surface area contributed by atoms with Gasteiger partial charge < -0.3 is 9.73 Å². The summed E-state index contributed by atoms with van der Waals surface area (Å²) in [7, 11) is 0. The molecule has 1 aromatic heterocycles. The Labute approximate surface area is 176 Å². The summed E-state index contributed by atoms with van der Waals surface area (Å²) in [5.41, 5.74) is 0.406. The van der Waals surface area contributed by atoms with Crippen molar-refractivity contribution in [1.29, 1.82) is 0 Å². The van der Waals surface area contributed by atoms with E-state index >= 15 is 0 Å². The van der Waals surface area contributed by atoms with Crippen LogP contribution in [0.25, 0.3) is 11.0 Å². The number of nitrogens with zero attached hydrogens (tertiary/aromatic N) is 1. The number of carbonyl (C=O) groups excluding carboxylic acids is 2. The molecule has 0 saturated carbocycles. The Bertz CT molecular complexity index is 1240. The second kappa shape index (κ2) is 6.90. The van der Waals surface area contributed by atoms with Gasteiger partial charge in [0.1, 0.15) is 11.1 Å². The fourth-order valence-electron chi connectivity index (χ4n) is 3.56. The standard InChI is InChI=1S/C21H16Cl2N2O4/c1-11-3-5-14-12(8-18(26)29-17(14)7-11)10-25-19(27)21(2,24-20(25)28)15-6-4-13(22)9-16(15)23/h3-9H,10H2,1-2H3,(H,24,28)/t21-/m0/s1. The lowest BCUT2D eigenvalue weighted by Crippen LogP contribution is -2.41. The van der Waals surface area contributed by atoms with Gasteiger partial charge in [-0.05, 0) is 43.2 Å². The number of amides is 3. The van der Waals surface area contributed by atoms with Gasteiger partial charge in [0.25, 0.3) is 5.91 Å². The number of carbonyl (C=O) groups is 2. The van der Waals surface area contributed by atoms with Gasteiger partial charge in [0.05, 0.1) is 6.54 Å². The fourth-order valence-corrected chi connectivity index (χ4v) is 4.15. The van der Waals surface area contributed by atoms with E-state index < -0.39 is 23.1 Å². The van der Waals surface area contributed by atoms with Crippen LogP contribution < -0.4 is 10.9 Å². The Morgan fingerprint density at radius 1 is 1.07 bits per heavy atom. The molecule has 0 unspecified atom stereocenters. The monoisotopic (exact) mass is 430 g/mol. The van der Waals surface area contributed by atoms with E-state index in [0.29, 0.717) is 27.1 Å². The number of nitrogens with one attached hydrogen (secondary N) is 1. The molecule has 1 fully saturated rings. The third-order valence-corrected chi connectivity index (χ3v) is 5.61. The van der Waals surface area contributed by atoms with Crippen LogP contribution in [0.4, 0.5) is 4.79 Å². The van der Waals surface area contributed by atoms with Gasteiger partial charge in [0.15, 0.2) is 0 Å². The first-order chi connectivity index (χ1) is 13.7. The normalized spacial score (nSPS) is 19.1. The zero-order chi connectivity index (χ0) is 20.9. The van der Waals surface area contributed by atoms with Crippen molar-refractivity contribution in [1.82, 2.24) is 10.2 Å². The summed E-state index contributed by atoms with van der Waals surface area (Å²) in [6, 6.07) is 10.9. The minimum absolute atomic E-state index is 0.0728. The third kappa shape index (κ3) is 3.28. The first kappa shape index (κ1) is 19.5. The number of imide groups is 1. The van der Waals surface area contributed by atoms with Crippen LogP contribution in [-0.2, 0) is 16.9 Å². The maximum Gasteiger partial charge on any atom is 0.336 e. The van der Waals surface area contributed by atoms with E-state index in [9.17, 15) is 14.4 Å². The second-order valence-electron chi connectivity index (χ2n) is 7.16. The van der Waals surface area contributed by atoms with E-state index in [1.165, 1.54) is 12.1 Å². The molecule has 1 atom stereocenters. The van der Waals surface area contributed by atoms with Crippen LogP contribution in [-0.4, -0.2) is 16.8 Å². The molecule has 1 N–H and O–H groups in total. The summed E-state index contributed by atoms with van der Waals surface area (Å²) in [6.07, 6.45) is 0. The Morgan fingerprint density at radius 3 is 2.55 bits per heavy atom. The quantitative estimate of drug-likeness (QED) is 0.493. The molecule has 6 nitrogen and oxygen atoms in total. The smallest absolute Gasteiger partial charge is 0.336 e. The van der Waals surface area contributed by atoms with Crippen LogP contribution in [0.15, 0.2) is 51.7 Å². The molecular weight excluding hydrogens is 415 g/mol. The summed E-state index contributed by atoms with van der Waals surface area (Å²) in [4.78, 5) is 38.9. The summed E-state index contributed by atoms with van der Waals surface area (Å²) in [5, 5.41) is 4.07. The second-order valence-corrected chi connectivity index (χ2v) is 8.00. The van der Waals surface area contributed by atoms with Crippen LogP contribution in [0.3, 0.4) is 0 Å². The largest absolute Gasteiger partial charge is 0.423 e. The SMILES string of the molecule is Cc1ccc2c(CN3C(=O)N[C@@](C)(c4ccc(Cl)cc4Cl)C3=O)cc(=O)oc2c1. The molecule has 148 valence electrons. The van der Waals surface area contributed by atoms with Crippen LogP contribution in [0, 0.1) is 6.92 Å². The average Bonchev–Trinajstić information content (AvgIpc) is 2.84. The van der Waals surface area contributed by atoms with Crippen molar-refractivity contribution in [2.75, 3.05) is 0 Å². The molecule has 2 heterocycles. The van der Waals surface area contributed by atoms with Gasteiger partial charge >= 0.3 is 11.7 Å². The number of hydrogen-bond donors (Lipinski definition) is 1. The van der Waals surface area contributed by atoms with Crippen LogP contribution in [0.5, 0.6) is 0 Å². The van der Waals surface area contributed by atoms with Crippen molar-refractivity contribution in [3.8, 4) is 0 Å². The lowest BCUT2D eigenvalue weighted by molar-refractivity contribution is -0.131. The molecule has 0 bridgehead atoms. The number of urea groups is 1. The van der Waals surface area contributed by atoms with Gasteiger partial charge in [-0.2, -0.15) is 0 Å². The van der Waals surface area contributed by atoms with E-state index in [0.717, 1.165) is 10.5 Å². The first-order valence-corrected chi connectivity index (χ1v) is 9.57. The summed E-state index contributed by atoms with van der Waals surface area (Å²) in [5.74, 6) is -0.472. The average molecular weight is 431 g/mol. The van der Waals surface area contributed by atoms with Crippen molar-refractivity contribution in [3.05, 3.63) is 79.6 Å². The molecule has 2 aromatic carbocycles. The molecule has 1 aliphatic heterocycles. The number of hydrogen-bond acceptors (Lipinski definition) is 4. The predicted molar refractivity (Wildman–Crippen MR) is 110 cm³/mol. The molecule has 8 heteroatoms. The number of rotatable bonds is 3. The Balaban J connectivity index is 1.74. The highest BCUT2D eigenvalue weighted by molar-refractivity contribution is 6.35. The van der Waals surface area contributed by atoms with Crippen molar-refractivity contribution in [2.45, 2.75) is 25.9 Å². The van der Waals surface area contributed by atoms with Gasteiger partial charge in [-0.3, -0.25) is 9.69 Å². The Morgan fingerprint density at radius 2 is 1.83 bits per heavy atom. The van der Waals surface area contributed by atoms with E-state index in [1.54, 1.807) is 31.2 Å². The minimum Gasteiger partial charge on any atom is -0.423 e. The maximum atomic E-state index is 13.2. The van der Waals surface area contributed by atoms with Crippen molar-refractivity contribution in [2.24, 2.45) is 0 Å². The third-order valence-electron chi connectivity index (χ3n) is 5.06. The van der Waals surface area contributed by atoms with Crippen LogP contribution >= 0.6 is 23.2 Å². The molecule has 4 rings (SSSR count). The van der Waals surface area contributed by atoms with Crippen LogP contribution in [0.2, 0.25) is 10.0 Å². The number of aryl methyl sites for hydroxylation is 1. The van der Waals surface area contributed by atoms with E-state index in [1.807, 2.05) is 13.0 Å². The van der Waals surface area contributed by atoms with Crippen molar-refractivity contribution >= 4 is 46.1 Å². The molecule has 3 aromatic rings. The molecule has 0 aliphatic carbocycles. The van der Waals surface area contributed by atoms with Gasteiger partial charge in [0.2, 0.25) is 0 Å². The van der Waals surface area contributed by atoms with Gasteiger partial charge in [-0.25, -0.2) is 9.59 Å². The molecule has 1 saturated heterocycles. The zero-order valence-corrected chi connectivity index (χ0v) is 17.1. The molecule has 0 radical (unpaired) electrons. The summed E-state index contributed by atoms with van der Waals surface area (Å²) in [6.45, 7) is 3.39. The van der Waals surface area contributed by atoms with E-state index in [4.69, 9.17) is 27.6 Å². The highest BCUT2D eigenvalue weighted by atomic mass is 35.5. The number of halogens is 2. The van der Waals surface area contributed by atoms with Gasteiger partial charge in [-0.1, -0.05) is 41.4 Å². The lowest BCUT2D eigenvalue weighted by Gasteiger charge is -2.23. The highest BCUT2D eigenvalue weighted by Crippen LogP contribution is 2.35. The van der Waals surface area contributed by atoms with E-state index in [-0.39, 0.29) is 11.6 Å². The lowest BCUT2D eigenvalue weighted by atomic mass is 9.92.